The molecule has 12 heavy (non-hydrogen) atoms. The third-order valence-electron chi connectivity index (χ3n) is 1.83. The Morgan fingerprint density at radius 1 is 1.25 bits per heavy atom. The van der Waals surface area contributed by atoms with Gasteiger partial charge in [-0.1, -0.05) is 19.1 Å². The topological polar surface area (TPSA) is 40.5 Å². The largest absolute Gasteiger partial charge is 0.508 e. The van der Waals surface area contributed by atoms with Crippen LogP contribution in [0, 0.1) is 5.92 Å². The minimum atomic E-state index is 0.209. The lowest BCUT2D eigenvalue weighted by atomic mass is 10.0. The van der Waals surface area contributed by atoms with Gasteiger partial charge in [-0.05, 0) is 30.0 Å². The Labute approximate surface area is 72.5 Å². The first-order chi connectivity index (χ1) is 5.72. The van der Waals surface area contributed by atoms with Crippen LogP contribution < -0.4 is 0 Å². The van der Waals surface area contributed by atoms with Gasteiger partial charge in [0.1, 0.15) is 5.75 Å². The molecule has 0 saturated carbocycles. The molecule has 0 aliphatic carbocycles. The van der Waals surface area contributed by atoms with Crippen LogP contribution in [0.1, 0.15) is 12.5 Å². The number of phenols is 1. The molecular formula is C10H14O2. The van der Waals surface area contributed by atoms with Crippen LogP contribution in [0.2, 0.25) is 0 Å². The standard InChI is InChI=1S/C10H14O2/c1-8(7-11)6-9-2-4-10(12)5-3-9/h2-5,8,11-12H,6-7H2,1H3/t8-/m1/s1. The SMILES string of the molecule is C[C@@H](CO)Cc1ccc(O)cc1. The van der Waals surface area contributed by atoms with Gasteiger partial charge in [0.2, 0.25) is 0 Å². The highest BCUT2D eigenvalue weighted by Gasteiger charge is 2.01. The van der Waals surface area contributed by atoms with Crippen LogP contribution in [0.3, 0.4) is 0 Å². The maximum Gasteiger partial charge on any atom is 0.115 e. The van der Waals surface area contributed by atoms with E-state index in [-0.39, 0.29) is 18.3 Å². The average molecular weight is 166 g/mol. The van der Waals surface area contributed by atoms with Crippen molar-refractivity contribution < 1.29 is 10.2 Å². The number of rotatable bonds is 3. The molecule has 0 radical (unpaired) electrons. The van der Waals surface area contributed by atoms with Gasteiger partial charge in [-0.15, -0.1) is 0 Å². The molecule has 0 heterocycles. The molecule has 66 valence electrons. The molecule has 0 saturated heterocycles. The van der Waals surface area contributed by atoms with E-state index in [0.717, 1.165) is 12.0 Å². The summed E-state index contributed by atoms with van der Waals surface area (Å²) in [6.07, 6.45) is 0.858. The number of aliphatic hydroxyl groups is 1. The molecule has 0 bridgehead atoms. The highest BCUT2D eigenvalue weighted by Crippen LogP contribution is 2.12. The molecule has 2 heteroatoms. The number of aliphatic hydroxyl groups excluding tert-OH is 1. The lowest BCUT2D eigenvalue weighted by Crippen LogP contribution is -2.03. The Bertz CT molecular complexity index is 228. The van der Waals surface area contributed by atoms with E-state index in [4.69, 9.17) is 10.2 Å². The van der Waals surface area contributed by atoms with E-state index < -0.39 is 0 Å². The minimum Gasteiger partial charge on any atom is -0.508 e. The van der Waals surface area contributed by atoms with Crippen LogP contribution in [-0.2, 0) is 6.42 Å². The van der Waals surface area contributed by atoms with Crippen LogP contribution in [0.25, 0.3) is 0 Å². The first-order valence-electron chi connectivity index (χ1n) is 4.11. The van der Waals surface area contributed by atoms with Gasteiger partial charge in [-0.25, -0.2) is 0 Å². The maximum absolute atomic E-state index is 9.00. The van der Waals surface area contributed by atoms with Crippen molar-refractivity contribution in [2.24, 2.45) is 5.92 Å². The number of benzene rings is 1. The second-order valence-corrected chi connectivity index (χ2v) is 3.16. The summed E-state index contributed by atoms with van der Waals surface area (Å²) in [6.45, 7) is 2.20. The normalized spacial score (nSPS) is 12.8. The smallest absolute Gasteiger partial charge is 0.115 e. The molecular weight excluding hydrogens is 152 g/mol. The monoisotopic (exact) mass is 166 g/mol. The minimum absolute atomic E-state index is 0.209. The van der Waals surface area contributed by atoms with E-state index in [0.29, 0.717) is 0 Å². The Balaban J connectivity index is 2.58. The summed E-state index contributed by atoms with van der Waals surface area (Å²) in [4.78, 5) is 0. The van der Waals surface area contributed by atoms with E-state index in [9.17, 15) is 0 Å². The van der Waals surface area contributed by atoms with E-state index in [1.165, 1.54) is 0 Å². The van der Waals surface area contributed by atoms with Crippen molar-refractivity contribution in [3.63, 3.8) is 0 Å². The fourth-order valence-electron chi connectivity index (χ4n) is 1.10. The summed E-state index contributed by atoms with van der Waals surface area (Å²) in [5.74, 6) is 0.574. The second kappa shape index (κ2) is 4.12. The summed E-state index contributed by atoms with van der Waals surface area (Å²) in [5, 5.41) is 17.8. The van der Waals surface area contributed by atoms with Crippen molar-refractivity contribution in [3.8, 4) is 5.75 Å². The number of aromatic hydroxyl groups is 1. The quantitative estimate of drug-likeness (QED) is 0.715. The van der Waals surface area contributed by atoms with Crippen LogP contribution in [0.5, 0.6) is 5.75 Å². The highest BCUT2D eigenvalue weighted by atomic mass is 16.3. The van der Waals surface area contributed by atoms with Gasteiger partial charge >= 0.3 is 0 Å². The molecule has 0 spiro atoms. The Morgan fingerprint density at radius 3 is 2.33 bits per heavy atom. The first-order valence-corrected chi connectivity index (χ1v) is 4.11. The summed E-state index contributed by atoms with van der Waals surface area (Å²) >= 11 is 0. The third kappa shape index (κ3) is 2.55. The Morgan fingerprint density at radius 2 is 1.83 bits per heavy atom. The van der Waals surface area contributed by atoms with Gasteiger partial charge in [0, 0.05) is 6.61 Å². The number of hydrogen-bond donors (Lipinski definition) is 2. The van der Waals surface area contributed by atoms with Gasteiger partial charge in [0.15, 0.2) is 0 Å². The molecule has 2 nitrogen and oxygen atoms in total. The summed E-state index contributed by atoms with van der Waals surface area (Å²) in [7, 11) is 0. The van der Waals surface area contributed by atoms with Gasteiger partial charge in [0.25, 0.3) is 0 Å². The molecule has 0 amide bonds. The number of hydrogen-bond acceptors (Lipinski definition) is 2. The maximum atomic E-state index is 9.00. The molecule has 1 atom stereocenters. The predicted molar refractivity (Wildman–Crippen MR) is 48.1 cm³/mol. The molecule has 0 fully saturated rings. The second-order valence-electron chi connectivity index (χ2n) is 3.16. The zero-order valence-corrected chi connectivity index (χ0v) is 7.20. The summed E-state index contributed by atoms with van der Waals surface area (Å²) in [5.41, 5.74) is 1.15. The molecule has 1 aromatic carbocycles. The van der Waals surface area contributed by atoms with Crippen LogP contribution >= 0.6 is 0 Å². The molecule has 1 rings (SSSR count). The molecule has 2 N–H and O–H groups in total. The summed E-state index contributed by atoms with van der Waals surface area (Å²) in [6, 6.07) is 7.09. The zero-order chi connectivity index (χ0) is 8.97. The van der Waals surface area contributed by atoms with Crippen molar-refractivity contribution in [3.05, 3.63) is 29.8 Å². The van der Waals surface area contributed by atoms with Crippen molar-refractivity contribution in [2.75, 3.05) is 6.61 Å². The van der Waals surface area contributed by atoms with Gasteiger partial charge in [-0.3, -0.25) is 0 Å². The van der Waals surface area contributed by atoms with Crippen LogP contribution in [-0.4, -0.2) is 16.8 Å². The zero-order valence-electron chi connectivity index (χ0n) is 7.20. The Hall–Kier alpha value is -1.02. The van der Waals surface area contributed by atoms with E-state index in [1.54, 1.807) is 12.1 Å². The first kappa shape index (κ1) is 9.07. The highest BCUT2D eigenvalue weighted by molar-refractivity contribution is 5.26. The number of phenolic OH excluding ortho intramolecular Hbond substituents is 1. The summed E-state index contributed by atoms with van der Waals surface area (Å²) < 4.78 is 0. The fourth-order valence-corrected chi connectivity index (χ4v) is 1.10. The lowest BCUT2D eigenvalue weighted by molar-refractivity contribution is 0.237. The van der Waals surface area contributed by atoms with Gasteiger partial charge in [0.05, 0.1) is 0 Å². The van der Waals surface area contributed by atoms with Crippen LogP contribution in [0.15, 0.2) is 24.3 Å². The Kier molecular flexibility index (Phi) is 3.11. The fraction of sp³-hybridized carbons (Fsp3) is 0.400. The third-order valence-corrected chi connectivity index (χ3v) is 1.83. The van der Waals surface area contributed by atoms with Gasteiger partial charge in [-0.2, -0.15) is 0 Å². The lowest BCUT2D eigenvalue weighted by Gasteiger charge is -2.06. The molecule has 1 aromatic rings. The van der Waals surface area contributed by atoms with Crippen molar-refractivity contribution in [1.29, 1.82) is 0 Å². The predicted octanol–water partition coefficient (Wildman–Crippen LogP) is 1.56. The average Bonchev–Trinajstić information content (AvgIpc) is 2.09. The molecule has 0 aliphatic heterocycles. The van der Waals surface area contributed by atoms with E-state index in [1.807, 2.05) is 19.1 Å². The molecule has 0 aromatic heterocycles. The van der Waals surface area contributed by atoms with Gasteiger partial charge < -0.3 is 10.2 Å². The van der Waals surface area contributed by atoms with Crippen LogP contribution in [0.4, 0.5) is 0 Å². The van der Waals surface area contributed by atoms with Crippen molar-refractivity contribution >= 4 is 0 Å². The van der Waals surface area contributed by atoms with Crippen molar-refractivity contribution in [1.82, 2.24) is 0 Å². The van der Waals surface area contributed by atoms with E-state index in [2.05, 4.69) is 0 Å². The van der Waals surface area contributed by atoms with E-state index >= 15 is 0 Å². The molecule has 0 unspecified atom stereocenters. The molecule has 0 aliphatic rings. The van der Waals surface area contributed by atoms with Crippen molar-refractivity contribution in [2.45, 2.75) is 13.3 Å².